The van der Waals surface area contributed by atoms with E-state index >= 15 is 0 Å². The van der Waals surface area contributed by atoms with Crippen molar-refractivity contribution in [3.8, 4) is 0 Å². The molecule has 2 aliphatic rings. The highest BCUT2D eigenvalue weighted by Gasteiger charge is 2.40. The van der Waals surface area contributed by atoms with E-state index in [9.17, 15) is 13.9 Å². The summed E-state index contributed by atoms with van der Waals surface area (Å²) in [6, 6.07) is 18.4. The molecule has 2 aliphatic heterocycles. The van der Waals surface area contributed by atoms with Crippen LogP contribution >= 0.6 is 10.8 Å². The van der Waals surface area contributed by atoms with Gasteiger partial charge in [0.2, 0.25) is 5.91 Å². The fraction of sp³-hybridized carbons (Fsp3) is 0.458. The molecule has 0 spiro atoms. The molecule has 2 aromatic rings. The molecule has 2 N–H and O–H groups in total. The molecule has 7 heteroatoms. The van der Waals surface area contributed by atoms with Gasteiger partial charge in [0, 0.05) is 51.4 Å². The Hall–Kier alpha value is -2.06. The second-order valence-electron chi connectivity index (χ2n) is 8.62. The zero-order valence-corrected chi connectivity index (χ0v) is 19.2. The first-order valence-corrected chi connectivity index (χ1v) is 12.6. The molecule has 31 heavy (non-hydrogen) atoms. The largest absolute Gasteiger partial charge is 0.368 e. The molecule has 0 radical (unpaired) electrons. The average Bonchev–Trinajstić information content (AvgIpc) is 2.77. The summed E-state index contributed by atoms with van der Waals surface area (Å²) in [6.45, 7) is 7.40. The van der Waals surface area contributed by atoms with Crippen molar-refractivity contribution in [3.05, 3.63) is 65.7 Å². The molecule has 0 aromatic heterocycles. The summed E-state index contributed by atoms with van der Waals surface area (Å²) < 4.78 is 24.4. The van der Waals surface area contributed by atoms with E-state index in [1.807, 2.05) is 39.5 Å². The second kappa shape index (κ2) is 9.20. The van der Waals surface area contributed by atoms with Crippen molar-refractivity contribution in [2.45, 2.75) is 44.5 Å². The number of hydrogen-bond acceptors (Lipinski definition) is 5. The lowest BCUT2D eigenvalue weighted by molar-refractivity contribution is -0.129. The first kappa shape index (κ1) is 22.1. The van der Waals surface area contributed by atoms with Gasteiger partial charge in [-0.2, -0.15) is 4.31 Å². The van der Waals surface area contributed by atoms with Crippen molar-refractivity contribution >= 4 is 22.4 Å². The van der Waals surface area contributed by atoms with Crippen LogP contribution in [0, 0.1) is 0 Å². The van der Waals surface area contributed by atoms with Gasteiger partial charge in [-0.05, 0) is 43.0 Å². The number of benzene rings is 2. The van der Waals surface area contributed by atoms with E-state index in [4.69, 9.17) is 0 Å². The van der Waals surface area contributed by atoms with Crippen LogP contribution in [0.1, 0.15) is 43.1 Å². The number of carbonyl (C=O) groups is 1. The molecule has 0 aliphatic carbocycles. The minimum absolute atomic E-state index is 0.115. The van der Waals surface area contributed by atoms with Crippen molar-refractivity contribution in [3.63, 3.8) is 0 Å². The Morgan fingerprint density at radius 2 is 1.61 bits per heavy atom. The van der Waals surface area contributed by atoms with E-state index in [0.717, 1.165) is 55.8 Å². The van der Waals surface area contributed by atoms with Gasteiger partial charge in [0.25, 0.3) is 0 Å². The van der Waals surface area contributed by atoms with E-state index in [1.54, 1.807) is 6.92 Å². The molecule has 1 unspecified atom stereocenters. The van der Waals surface area contributed by atoms with Gasteiger partial charge in [-0.3, -0.25) is 13.9 Å². The van der Waals surface area contributed by atoms with Gasteiger partial charge in [-0.25, -0.2) is 0 Å². The van der Waals surface area contributed by atoms with Crippen molar-refractivity contribution < 1.29 is 13.9 Å². The van der Waals surface area contributed by atoms with E-state index in [0.29, 0.717) is 6.54 Å². The highest BCUT2D eigenvalue weighted by Crippen LogP contribution is 2.62. The highest BCUT2D eigenvalue weighted by atomic mass is 32.3. The summed E-state index contributed by atoms with van der Waals surface area (Å²) in [7, 11) is -2.92. The van der Waals surface area contributed by atoms with Gasteiger partial charge < -0.3 is 9.80 Å². The van der Waals surface area contributed by atoms with E-state index in [2.05, 4.69) is 36.1 Å². The zero-order valence-electron chi connectivity index (χ0n) is 18.4. The summed E-state index contributed by atoms with van der Waals surface area (Å²) in [5.74, 6) is 0.137. The first-order valence-electron chi connectivity index (χ1n) is 11.0. The third-order valence-electron chi connectivity index (χ3n) is 6.60. The molecule has 2 saturated heterocycles. The van der Waals surface area contributed by atoms with Crippen molar-refractivity contribution in [1.29, 1.82) is 0 Å². The van der Waals surface area contributed by atoms with Crippen LogP contribution in [0.4, 0.5) is 5.69 Å². The molecule has 6 nitrogen and oxygen atoms in total. The third-order valence-corrected chi connectivity index (χ3v) is 9.05. The number of amides is 1. The number of rotatable bonds is 4. The van der Waals surface area contributed by atoms with Crippen molar-refractivity contribution in [1.82, 2.24) is 9.21 Å². The fourth-order valence-electron chi connectivity index (χ4n) is 4.66. The summed E-state index contributed by atoms with van der Waals surface area (Å²) in [5, 5.41) is -0.248. The molecular weight excluding hydrogens is 410 g/mol. The number of nitrogens with zero attached hydrogens (tertiary/aromatic N) is 3. The lowest BCUT2D eigenvalue weighted by Crippen LogP contribution is -2.48. The molecule has 2 atom stereocenters. The molecule has 0 bridgehead atoms. The standard InChI is InChI=1S/C24H33N3O3S/c1-19-8-13-24(22-6-4-3-5-7-22)31(29,30)27(19)18-21-9-11-23(12-10-21)26-16-14-25(15-17-26)20(2)28/h3-7,9-12,19,24,29-30H,8,13-18H2,1-2H3/t19-,24?/m0/s1. The van der Waals surface area contributed by atoms with Crippen LogP contribution in [-0.2, 0) is 11.3 Å². The van der Waals surface area contributed by atoms with E-state index in [1.165, 1.54) is 0 Å². The normalized spacial score (nSPS) is 25.3. The molecule has 2 heterocycles. The van der Waals surface area contributed by atoms with Crippen LogP contribution in [0.25, 0.3) is 0 Å². The Labute approximate surface area is 186 Å². The maximum absolute atomic E-state index is 11.5. The molecule has 168 valence electrons. The number of piperazine rings is 1. The average molecular weight is 444 g/mol. The van der Waals surface area contributed by atoms with E-state index < -0.39 is 10.8 Å². The Morgan fingerprint density at radius 1 is 0.968 bits per heavy atom. The Morgan fingerprint density at radius 3 is 2.23 bits per heavy atom. The number of carbonyl (C=O) groups excluding carboxylic acids is 1. The third kappa shape index (κ3) is 4.75. The predicted octanol–water partition coefficient (Wildman–Crippen LogP) is 4.75. The van der Waals surface area contributed by atoms with Gasteiger partial charge in [0.05, 0.1) is 5.25 Å². The van der Waals surface area contributed by atoms with Gasteiger partial charge in [0.1, 0.15) is 0 Å². The highest BCUT2D eigenvalue weighted by molar-refractivity contribution is 8.22. The van der Waals surface area contributed by atoms with Crippen LogP contribution in [0.2, 0.25) is 0 Å². The molecule has 2 aromatic carbocycles. The molecule has 2 fully saturated rings. The smallest absolute Gasteiger partial charge is 0.219 e. The summed E-state index contributed by atoms with van der Waals surface area (Å²) in [6.07, 6.45) is 1.73. The minimum Gasteiger partial charge on any atom is -0.368 e. The Kier molecular flexibility index (Phi) is 6.57. The molecule has 0 saturated carbocycles. The zero-order chi connectivity index (χ0) is 22.0. The topological polar surface area (TPSA) is 67.3 Å². The fourth-order valence-corrected chi connectivity index (χ4v) is 6.94. The number of anilines is 1. The van der Waals surface area contributed by atoms with Crippen LogP contribution in [0.3, 0.4) is 0 Å². The molecular formula is C24H33N3O3S. The van der Waals surface area contributed by atoms with Crippen LogP contribution in [0.5, 0.6) is 0 Å². The maximum atomic E-state index is 11.5. The van der Waals surface area contributed by atoms with Crippen molar-refractivity contribution in [2.75, 3.05) is 31.1 Å². The SMILES string of the molecule is CC(=O)N1CCN(c2ccc(CN3[C@@H](C)CCC(c4ccccc4)S3(O)O)cc2)CC1. The van der Waals surface area contributed by atoms with Crippen LogP contribution in [-0.4, -0.2) is 56.4 Å². The van der Waals surface area contributed by atoms with Gasteiger partial charge in [0.15, 0.2) is 0 Å². The lowest BCUT2D eigenvalue weighted by Gasteiger charge is -2.54. The summed E-state index contributed by atoms with van der Waals surface area (Å²) in [4.78, 5) is 15.7. The quantitative estimate of drug-likeness (QED) is 0.714. The maximum Gasteiger partial charge on any atom is 0.219 e. The Bertz CT molecular complexity index is 883. The molecule has 1 amide bonds. The van der Waals surface area contributed by atoms with Gasteiger partial charge in [-0.1, -0.05) is 42.5 Å². The predicted molar refractivity (Wildman–Crippen MR) is 127 cm³/mol. The summed E-state index contributed by atoms with van der Waals surface area (Å²) >= 11 is 0. The van der Waals surface area contributed by atoms with Crippen molar-refractivity contribution in [2.24, 2.45) is 0 Å². The van der Waals surface area contributed by atoms with Crippen LogP contribution in [0.15, 0.2) is 54.6 Å². The van der Waals surface area contributed by atoms with Gasteiger partial charge >= 0.3 is 0 Å². The van der Waals surface area contributed by atoms with Crippen LogP contribution < -0.4 is 4.90 Å². The second-order valence-corrected chi connectivity index (χ2v) is 10.8. The Balaban J connectivity index is 1.45. The lowest BCUT2D eigenvalue weighted by atomic mass is 10.0. The monoisotopic (exact) mass is 443 g/mol. The molecule has 4 rings (SSSR count). The minimum atomic E-state index is -2.92. The summed E-state index contributed by atoms with van der Waals surface area (Å²) in [5.41, 5.74) is 3.22. The number of hydrogen-bond donors (Lipinski definition) is 2. The first-order chi connectivity index (χ1) is 14.9. The van der Waals surface area contributed by atoms with Gasteiger partial charge in [-0.15, -0.1) is 10.8 Å². The van der Waals surface area contributed by atoms with E-state index in [-0.39, 0.29) is 17.2 Å².